The van der Waals surface area contributed by atoms with Gasteiger partial charge in [-0.3, -0.25) is 14.5 Å². The number of aromatic nitrogens is 2. The van der Waals surface area contributed by atoms with Crippen LogP contribution in [-0.2, 0) is 9.59 Å². The van der Waals surface area contributed by atoms with Crippen LogP contribution < -0.4 is 10.2 Å². The molecule has 0 bridgehead atoms. The second kappa shape index (κ2) is 11.1. The third-order valence-electron chi connectivity index (χ3n) is 6.68. The van der Waals surface area contributed by atoms with Crippen molar-refractivity contribution < 1.29 is 14.0 Å². The molecule has 196 valence electrons. The van der Waals surface area contributed by atoms with Gasteiger partial charge in [0.1, 0.15) is 23.9 Å². The Labute approximate surface area is 229 Å². The molecule has 1 aliphatic rings. The standard InChI is InChI=1S/C29H29FN4O2S2/c1-4-19(3)31-24(35)16-33-25(36)17-38-28(20-11-13-21(30)14-12-20)26-27(23-10-7-15-37-23)32-34(29(26)33)22-9-6-5-8-18(22)2/h5-15,19,28H,4,16-17H2,1-3H3,(H,31,35). The number of nitrogens with zero attached hydrogens (tertiary/aromatic N) is 3. The molecule has 2 atom stereocenters. The van der Waals surface area contributed by atoms with Crippen molar-refractivity contribution in [3.63, 3.8) is 0 Å². The molecule has 6 nitrogen and oxygen atoms in total. The summed E-state index contributed by atoms with van der Waals surface area (Å²) in [7, 11) is 0. The molecule has 1 aliphatic heterocycles. The molecular weight excluding hydrogens is 519 g/mol. The Kier molecular flexibility index (Phi) is 7.67. The number of rotatable bonds is 7. The first-order valence-corrected chi connectivity index (χ1v) is 14.5. The molecule has 3 heterocycles. The number of carbonyl (C=O) groups excluding carboxylic acids is 2. The number of amides is 2. The molecule has 2 unspecified atom stereocenters. The number of thioether (sulfide) groups is 1. The number of halogens is 1. The molecule has 2 aromatic carbocycles. The fourth-order valence-corrected chi connectivity index (χ4v) is 6.47. The van der Waals surface area contributed by atoms with Gasteiger partial charge in [0.2, 0.25) is 11.8 Å². The van der Waals surface area contributed by atoms with Crippen LogP contribution in [0.3, 0.4) is 0 Å². The lowest BCUT2D eigenvalue weighted by Gasteiger charge is -2.24. The molecule has 0 fully saturated rings. The summed E-state index contributed by atoms with van der Waals surface area (Å²) >= 11 is 3.04. The summed E-state index contributed by atoms with van der Waals surface area (Å²) in [5.41, 5.74) is 4.29. The van der Waals surface area contributed by atoms with Crippen molar-refractivity contribution in [2.75, 3.05) is 17.2 Å². The predicted molar refractivity (Wildman–Crippen MR) is 153 cm³/mol. The van der Waals surface area contributed by atoms with Crippen LogP contribution in [0.15, 0.2) is 66.0 Å². The molecule has 2 aromatic heterocycles. The van der Waals surface area contributed by atoms with Crippen molar-refractivity contribution in [3.8, 4) is 16.3 Å². The lowest BCUT2D eigenvalue weighted by molar-refractivity contribution is -0.123. The van der Waals surface area contributed by atoms with E-state index >= 15 is 0 Å². The highest BCUT2D eigenvalue weighted by Crippen LogP contribution is 2.49. The summed E-state index contributed by atoms with van der Waals surface area (Å²) in [5, 5.41) is 9.79. The highest BCUT2D eigenvalue weighted by molar-refractivity contribution is 8.00. The normalized spacial score (nSPS) is 16.2. The van der Waals surface area contributed by atoms with Gasteiger partial charge in [0.25, 0.3) is 0 Å². The Hall–Kier alpha value is -3.43. The second-order valence-corrected chi connectivity index (χ2v) is 11.4. The van der Waals surface area contributed by atoms with Crippen LogP contribution in [0.5, 0.6) is 0 Å². The van der Waals surface area contributed by atoms with E-state index in [2.05, 4.69) is 5.32 Å². The number of thiophene rings is 1. The minimum absolute atomic E-state index is 0.00616. The van der Waals surface area contributed by atoms with E-state index in [-0.39, 0.29) is 41.2 Å². The first kappa shape index (κ1) is 26.2. The number of carbonyl (C=O) groups is 2. The Morgan fingerprint density at radius 1 is 1.16 bits per heavy atom. The summed E-state index contributed by atoms with van der Waals surface area (Å²) in [4.78, 5) is 29.3. The number of fused-ring (bicyclic) bond motifs is 1. The minimum Gasteiger partial charge on any atom is -0.352 e. The molecule has 2 amide bonds. The van der Waals surface area contributed by atoms with Crippen LogP contribution in [0, 0.1) is 12.7 Å². The highest BCUT2D eigenvalue weighted by atomic mass is 32.2. The lowest BCUT2D eigenvalue weighted by Crippen LogP contribution is -2.44. The first-order chi connectivity index (χ1) is 18.4. The number of anilines is 1. The van der Waals surface area contributed by atoms with Gasteiger partial charge < -0.3 is 5.32 Å². The van der Waals surface area contributed by atoms with Crippen molar-refractivity contribution in [1.29, 1.82) is 0 Å². The van der Waals surface area contributed by atoms with E-state index in [4.69, 9.17) is 5.10 Å². The fraction of sp³-hybridized carbons (Fsp3) is 0.276. The molecule has 5 rings (SSSR count). The molecule has 38 heavy (non-hydrogen) atoms. The van der Waals surface area contributed by atoms with Crippen LogP contribution >= 0.6 is 23.1 Å². The average molecular weight is 549 g/mol. The van der Waals surface area contributed by atoms with Gasteiger partial charge in [0.05, 0.1) is 21.6 Å². The van der Waals surface area contributed by atoms with Gasteiger partial charge in [0.15, 0.2) is 0 Å². The lowest BCUT2D eigenvalue weighted by atomic mass is 10.0. The van der Waals surface area contributed by atoms with Crippen molar-refractivity contribution in [3.05, 3.63) is 88.6 Å². The van der Waals surface area contributed by atoms with Gasteiger partial charge in [0, 0.05) is 11.6 Å². The largest absolute Gasteiger partial charge is 0.352 e. The molecule has 0 saturated heterocycles. The second-order valence-electron chi connectivity index (χ2n) is 9.36. The van der Waals surface area contributed by atoms with Crippen molar-refractivity contribution in [2.45, 2.75) is 38.5 Å². The van der Waals surface area contributed by atoms with Gasteiger partial charge in [-0.1, -0.05) is 43.3 Å². The molecule has 4 aromatic rings. The number of hydrogen-bond donors (Lipinski definition) is 1. The first-order valence-electron chi connectivity index (χ1n) is 12.6. The van der Waals surface area contributed by atoms with E-state index in [0.29, 0.717) is 5.82 Å². The minimum atomic E-state index is -0.318. The maximum Gasteiger partial charge on any atom is 0.240 e. The van der Waals surface area contributed by atoms with Gasteiger partial charge in [-0.15, -0.1) is 23.1 Å². The Bertz CT molecular complexity index is 1450. The highest BCUT2D eigenvalue weighted by Gasteiger charge is 2.38. The Balaban J connectivity index is 1.77. The maximum atomic E-state index is 13.9. The predicted octanol–water partition coefficient (Wildman–Crippen LogP) is 6.13. The number of aryl methyl sites for hydroxylation is 1. The number of hydrogen-bond acceptors (Lipinski definition) is 5. The zero-order valence-corrected chi connectivity index (χ0v) is 23.1. The smallest absolute Gasteiger partial charge is 0.240 e. The molecule has 1 N–H and O–H groups in total. The molecule has 0 aliphatic carbocycles. The van der Waals surface area contributed by atoms with Gasteiger partial charge in [-0.05, 0) is 61.0 Å². The third kappa shape index (κ3) is 5.13. The van der Waals surface area contributed by atoms with E-state index in [9.17, 15) is 14.0 Å². The van der Waals surface area contributed by atoms with Crippen molar-refractivity contribution >= 4 is 40.7 Å². The van der Waals surface area contributed by atoms with Crippen molar-refractivity contribution in [2.24, 2.45) is 0 Å². The van der Waals surface area contributed by atoms with E-state index < -0.39 is 0 Å². The van der Waals surface area contributed by atoms with E-state index in [1.807, 2.05) is 62.5 Å². The summed E-state index contributed by atoms with van der Waals surface area (Å²) in [6.07, 6.45) is 0.789. The van der Waals surface area contributed by atoms with Crippen LogP contribution in [0.4, 0.5) is 10.2 Å². The molecule has 0 saturated carbocycles. The van der Waals surface area contributed by atoms with E-state index in [1.54, 1.807) is 33.1 Å². The molecular formula is C29H29FN4O2S2. The summed E-state index contributed by atoms with van der Waals surface area (Å²) < 4.78 is 15.7. The number of nitrogens with one attached hydrogen (secondary N) is 1. The average Bonchev–Trinajstić information content (AvgIpc) is 3.54. The zero-order chi connectivity index (χ0) is 26.8. The van der Waals surface area contributed by atoms with E-state index in [0.717, 1.165) is 39.4 Å². The van der Waals surface area contributed by atoms with Crippen molar-refractivity contribution in [1.82, 2.24) is 15.1 Å². The summed E-state index contributed by atoms with van der Waals surface area (Å²) in [6, 6.07) is 18.2. The summed E-state index contributed by atoms with van der Waals surface area (Å²) in [5.74, 6) is 0.0319. The third-order valence-corrected chi connectivity index (χ3v) is 8.81. The quantitative estimate of drug-likeness (QED) is 0.302. The van der Waals surface area contributed by atoms with Crippen LogP contribution in [0.2, 0.25) is 0 Å². The zero-order valence-electron chi connectivity index (χ0n) is 21.5. The number of para-hydroxylation sites is 1. The number of benzene rings is 2. The molecule has 9 heteroatoms. The van der Waals surface area contributed by atoms with Crippen LogP contribution in [0.25, 0.3) is 16.3 Å². The van der Waals surface area contributed by atoms with Gasteiger partial charge in [-0.25, -0.2) is 9.07 Å². The SMILES string of the molecule is CCC(C)NC(=O)CN1C(=O)CSC(c2ccc(F)cc2)c2c(-c3cccs3)nn(-c3ccccc3C)c21. The van der Waals surface area contributed by atoms with E-state index in [1.165, 1.54) is 23.9 Å². The molecule has 0 radical (unpaired) electrons. The summed E-state index contributed by atoms with van der Waals surface area (Å²) in [6.45, 7) is 5.83. The maximum absolute atomic E-state index is 13.9. The Morgan fingerprint density at radius 3 is 2.61 bits per heavy atom. The van der Waals surface area contributed by atoms with Crippen LogP contribution in [0.1, 0.15) is 42.2 Å². The fourth-order valence-electron chi connectivity index (χ4n) is 4.55. The topological polar surface area (TPSA) is 67.2 Å². The van der Waals surface area contributed by atoms with Gasteiger partial charge >= 0.3 is 0 Å². The van der Waals surface area contributed by atoms with Gasteiger partial charge in [-0.2, -0.15) is 5.10 Å². The van der Waals surface area contributed by atoms with Crippen LogP contribution in [-0.4, -0.2) is 39.9 Å². The monoisotopic (exact) mass is 548 g/mol. The molecule has 0 spiro atoms. The Morgan fingerprint density at radius 2 is 1.92 bits per heavy atom.